The van der Waals surface area contributed by atoms with E-state index in [2.05, 4.69) is 44.1 Å². The summed E-state index contributed by atoms with van der Waals surface area (Å²) in [6.07, 6.45) is 1.83. The van der Waals surface area contributed by atoms with Crippen LogP contribution in [0.1, 0.15) is 16.8 Å². The van der Waals surface area contributed by atoms with E-state index >= 15 is 0 Å². The quantitative estimate of drug-likeness (QED) is 0.669. The molecule has 0 saturated carbocycles. The van der Waals surface area contributed by atoms with Crippen molar-refractivity contribution < 1.29 is 0 Å². The molecule has 0 radical (unpaired) electrons. The van der Waals surface area contributed by atoms with E-state index in [9.17, 15) is 0 Å². The van der Waals surface area contributed by atoms with E-state index in [4.69, 9.17) is 0 Å². The van der Waals surface area contributed by atoms with Crippen LogP contribution < -0.4 is 0 Å². The van der Waals surface area contributed by atoms with Crippen LogP contribution in [0.5, 0.6) is 0 Å². The monoisotopic (exact) mass is 186 g/mol. The van der Waals surface area contributed by atoms with Gasteiger partial charge in [-0.05, 0) is 44.0 Å². The first-order chi connectivity index (χ1) is 6.68. The van der Waals surface area contributed by atoms with Gasteiger partial charge in [0.25, 0.3) is 0 Å². The molecule has 0 aliphatic carbocycles. The van der Waals surface area contributed by atoms with Crippen molar-refractivity contribution in [3.05, 3.63) is 47.3 Å². The smallest absolute Gasteiger partial charge is 0.0680 e. The Balaban J connectivity index is 2.62. The molecule has 2 heteroatoms. The minimum Gasteiger partial charge on any atom is -0.238 e. The maximum atomic E-state index is 4.30. The summed E-state index contributed by atoms with van der Waals surface area (Å²) in [5.41, 5.74) is 4.86. The van der Waals surface area contributed by atoms with Crippen molar-refractivity contribution in [3.8, 4) is 5.69 Å². The zero-order valence-electron chi connectivity index (χ0n) is 8.78. The number of aryl methyl sites for hydroxylation is 3. The Morgan fingerprint density at radius 2 is 1.86 bits per heavy atom. The Bertz CT molecular complexity index is 455. The van der Waals surface area contributed by atoms with Crippen molar-refractivity contribution in [3.63, 3.8) is 0 Å². The molecular weight excluding hydrogens is 172 g/mol. The molecule has 0 unspecified atom stereocenters. The Kier molecular flexibility index (Phi) is 2.12. The third kappa shape index (κ3) is 1.43. The molecule has 0 spiro atoms. The molecule has 0 bridgehead atoms. The highest BCUT2D eigenvalue weighted by Gasteiger charge is 2.03. The first kappa shape index (κ1) is 9.00. The highest BCUT2D eigenvalue weighted by molar-refractivity contribution is 5.43. The summed E-state index contributed by atoms with van der Waals surface area (Å²) in [6, 6.07) is 8.43. The lowest BCUT2D eigenvalue weighted by Gasteiger charge is -2.08. The van der Waals surface area contributed by atoms with Gasteiger partial charge in [0.05, 0.1) is 5.69 Å². The molecule has 0 aliphatic rings. The first-order valence-electron chi connectivity index (χ1n) is 4.77. The molecule has 0 aliphatic heterocycles. The van der Waals surface area contributed by atoms with Crippen molar-refractivity contribution in [2.75, 3.05) is 0 Å². The topological polar surface area (TPSA) is 17.8 Å². The van der Waals surface area contributed by atoms with Gasteiger partial charge in [-0.1, -0.05) is 12.1 Å². The molecule has 72 valence electrons. The predicted molar refractivity (Wildman–Crippen MR) is 57.8 cm³/mol. The number of hydrogen-bond donors (Lipinski definition) is 0. The minimum atomic E-state index is 1.17. The van der Waals surface area contributed by atoms with Crippen LogP contribution in [0, 0.1) is 20.8 Å². The molecule has 0 atom stereocenters. The molecule has 0 amide bonds. The van der Waals surface area contributed by atoms with E-state index in [1.165, 1.54) is 22.5 Å². The van der Waals surface area contributed by atoms with Crippen molar-refractivity contribution >= 4 is 0 Å². The number of aromatic nitrogens is 2. The van der Waals surface area contributed by atoms with E-state index in [0.29, 0.717) is 0 Å². The number of benzene rings is 1. The first-order valence-corrected chi connectivity index (χ1v) is 4.77. The van der Waals surface area contributed by atoms with Gasteiger partial charge in [0.1, 0.15) is 0 Å². The molecule has 2 aromatic rings. The predicted octanol–water partition coefficient (Wildman–Crippen LogP) is 2.80. The molecule has 0 N–H and O–H groups in total. The molecule has 2 rings (SSSR count). The molecule has 1 aromatic carbocycles. The highest BCUT2D eigenvalue weighted by atomic mass is 15.3. The zero-order chi connectivity index (χ0) is 10.1. The lowest BCUT2D eigenvalue weighted by Crippen LogP contribution is -2.01. The summed E-state index contributed by atoms with van der Waals surface area (Å²) in [6.45, 7) is 6.27. The average molecular weight is 186 g/mol. The second kappa shape index (κ2) is 3.29. The largest absolute Gasteiger partial charge is 0.238 e. The van der Waals surface area contributed by atoms with Gasteiger partial charge in [-0.3, -0.25) is 0 Å². The molecule has 0 fully saturated rings. The second-order valence-electron chi connectivity index (χ2n) is 3.67. The Labute approximate surface area is 84.2 Å². The summed E-state index contributed by atoms with van der Waals surface area (Å²) in [5.74, 6) is 0. The SMILES string of the molecule is Cc1ccc(C)c(-n2nccc2C)c1. The third-order valence-corrected chi connectivity index (χ3v) is 2.42. The van der Waals surface area contributed by atoms with E-state index in [1.54, 1.807) is 0 Å². The molecule has 1 heterocycles. The van der Waals surface area contributed by atoms with Gasteiger partial charge in [0.15, 0.2) is 0 Å². The van der Waals surface area contributed by atoms with E-state index in [-0.39, 0.29) is 0 Å². The van der Waals surface area contributed by atoms with Crippen molar-refractivity contribution in [2.45, 2.75) is 20.8 Å². The fraction of sp³-hybridized carbons (Fsp3) is 0.250. The van der Waals surface area contributed by atoms with Crippen LogP contribution in [-0.2, 0) is 0 Å². The molecular formula is C12H14N2. The second-order valence-corrected chi connectivity index (χ2v) is 3.67. The van der Waals surface area contributed by atoms with Gasteiger partial charge in [-0.15, -0.1) is 0 Å². The fourth-order valence-corrected chi connectivity index (χ4v) is 1.57. The molecule has 2 nitrogen and oxygen atoms in total. The lowest BCUT2D eigenvalue weighted by molar-refractivity contribution is 0.839. The van der Waals surface area contributed by atoms with Crippen molar-refractivity contribution in [2.24, 2.45) is 0 Å². The summed E-state index contributed by atoms with van der Waals surface area (Å²) in [5, 5.41) is 4.30. The fourth-order valence-electron chi connectivity index (χ4n) is 1.57. The molecule has 0 saturated heterocycles. The summed E-state index contributed by atoms with van der Waals surface area (Å²) in [4.78, 5) is 0. The van der Waals surface area contributed by atoms with Crippen LogP contribution in [0.4, 0.5) is 0 Å². The van der Waals surface area contributed by atoms with Crippen LogP contribution >= 0.6 is 0 Å². The minimum absolute atomic E-state index is 1.17. The van der Waals surface area contributed by atoms with Gasteiger partial charge < -0.3 is 0 Å². The van der Waals surface area contributed by atoms with Crippen molar-refractivity contribution in [1.29, 1.82) is 0 Å². The molecule has 1 aromatic heterocycles. The average Bonchev–Trinajstić information content (AvgIpc) is 2.56. The number of nitrogens with zero attached hydrogens (tertiary/aromatic N) is 2. The van der Waals surface area contributed by atoms with E-state index in [0.717, 1.165) is 0 Å². The van der Waals surface area contributed by atoms with Gasteiger partial charge >= 0.3 is 0 Å². The Morgan fingerprint density at radius 3 is 2.50 bits per heavy atom. The van der Waals surface area contributed by atoms with Crippen molar-refractivity contribution in [1.82, 2.24) is 9.78 Å². The van der Waals surface area contributed by atoms with Crippen LogP contribution in [0.2, 0.25) is 0 Å². The van der Waals surface area contributed by atoms with Gasteiger partial charge in [0, 0.05) is 11.9 Å². The maximum Gasteiger partial charge on any atom is 0.0680 e. The van der Waals surface area contributed by atoms with E-state index in [1.807, 2.05) is 16.9 Å². The van der Waals surface area contributed by atoms with Gasteiger partial charge in [-0.25, -0.2) is 4.68 Å². The van der Waals surface area contributed by atoms with Crippen LogP contribution in [0.3, 0.4) is 0 Å². The summed E-state index contributed by atoms with van der Waals surface area (Å²) >= 11 is 0. The highest BCUT2D eigenvalue weighted by Crippen LogP contribution is 2.16. The third-order valence-electron chi connectivity index (χ3n) is 2.42. The van der Waals surface area contributed by atoms with Crippen LogP contribution in [0.15, 0.2) is 30.5 Å². The molecule has 14 heavy (non-hydrogen) atoms. The van der Waals surface area contributed by atoms with E-state index < -0.39 is 0 Å². The zero-order valence-corrected chi connectivity index (χ0v) is 8.78. The van der Waals surface area contributed by atoms with Gasteiger partial charge in [0.2, 0.25) is 0 Å². The Hall–Kier alpha value is -1.57. The number of hydrogen-bond acceptors (Lipinski definition) is 1. The maximum absolute atomic E-state index is 4.30. The summed E-state index contributed by atoms with van der Waals surface area (Å²) in [7, 11) is 0. The van der Waals surface area contributed by atoms with Crippen LogP contribution in [-0.4, -0.2) is 9.78 Å². The standard InChI is InChI=1S/C12H14N2/c1-9-4-5-10(2)12(8-9)14-11(3)6-7-13-14/h4-8H,1-3H3. The lowest BCUT2D eigenvalue weighted by atomic mass is 10.1. The summed E-state index contributed by atoms with van der Waals surface area (Å²) < 4.78 is 1.97. The number of rotatable bonds is 1. The normalized spacial score (nSPS) is 10.5. The van der Waals surface area contributed by atoms with Gasteiger partial charge in [-0.2, -0.15) is 5.10 Å². The Morgan fingerprint density at radius 1 is 1.07 bits per heavy atom. The van der Waals surface area contributed by atoms with Crippen LogP contribution in [0.25, 0.3) is 5.69 Å².